The molecule has 3 rings (SSSR count). The molecular weight excluding hydrogens is 338 g/mol. The first kappa shape index (κ1) is 17.8. The first-order chi connectivity index (χ1) is 11.8. The molecule has 25 heavy (non-hydrogen) atoms. The fourth-order valence-electron chi connectivity index (χ4n) is 3.11. The Bertz CT molecular complexity index is 922. The smallest absolute Gasteiger partial charge is 0.264 e. The number of nitrogens with one attached hydrogen (secondary N) is 1. The van der Waals surface area contributed by atoms with E-state index in [-0.39, 0.29) is 5.56 Å². The van der Waals surface area contributed by atoms with Crippen LogP contribution in [0.4, 0.5) is 0 Å². The van der Waals surface area contributed by atoms with Gasteiger partial charge in [0.1, 0.15) is 0 Å². The van der Waals surface area contributed by atoms with E-state index in [9.17, 15) is 13.2 Å². The lowest BCUT2D eigenvalue weighted by atomic mass is 10.0. The van der Waals surface area contributed by atoms with E-state index in [0.717, 1.165) is 24.0 Å². The lowest BCUT2D eigenvalue weighted by Crippen LogP contribution is -2.38. The van der Waals surface area contributed by atoms with Crippen molar-refractivity contribution in [3.8, 4) is 11.3 Å². The molecule has 134 valence electrons. The summed E-state index contributed by atoms with van der Waals surface area (Å²) in [7, 11) is -3.54. The van der Waals surface area contributed by atoms with Crippen LogP contribution in [0.1, 0.15) is 30.9 Å². The second-order valence-electron chi connectivity index (χ2n) is 6.81. The molecule has 1 saturated heterocycles. The van der Waals surface area contributed by atoms with Crippen LogP contribution in [0.2, 0.25) is 0 Å². The number of hydrogen-bond donors (Lipinski definition) is 1. The number of aromatic nitrogens is 2. The Kier molecular flexibility index (Phi) is 4.79. The van der Waals surface area contributed by atoms with Crippen LogP contribution in [0.3, 0.4) is 0 Å². The Morgan fingerprint density at radius 3 is 2.44 bits per heavy atom. The van der Waals surface area contributed by atoms with Crippen molar-refractivity contribution in [2.45, 2.75) is 38.5 Å². The van der Waals surface area contributed by atoms with Crippen molar-refractivity contribution in [3.05, 3.63) is 45.7 Å². The minimum absolute atomic E-state index is 0.289. The molecule has 0 bridgehead atoms. The summed E-state index contributed by atoms with van der Waals surface area (Å²) in [4.78, 5) is 11.5. The van der Waals surface area contributed by atoms with Gasteiger partial charge in [0, 0.05) is 24.7 Å². The molecule has 2 aromatic rings. The summed E-state index contributed by atoms with van der Waals surface area (Å²) >= 11 is 0. The molecule has 1 aromatic heterocycles. The SMILES string of the molecule is Cc1cc(-c2ccc(=O)[nH]n2)cc(S(=O)(=O)N2CCC(C)CC2)c1C. The molecule has 1 N–H and O–H groups in total. The van der Waals surface area contributed by atoms with Crippen LogP contribution >= 0.6 is 0 Å². The largest absolute Gasteiger partial charge is 0.268 e. The van der Waals surface area contributed by atoms with Gasteiger partial charge < -0.3 is 0 Å². The van der Waals surface area contributed by atoms with E-state index >= 15 is 0 Å². The fraction of sp³-hybridized carbons (Fsp3) is 0.444. The van der Waals surface area contributed by atoms with Crippen LogP contribution < -0.4 is 5.56 Å². The number of aryl methyl sites for hydroxylation is 1. The number of H-pyrrole nitrogens is 1. The molecule has 0 unspecified atom stereocenters. The van der Waals surface area contributed by atoms with Gasteiger partial charge in [0.15, 0.2) is 0 Å². The van der Waals surface area contributed by atoms with Crippen molar-refractivity contribution < 1.29 is 8.42 Å². The van der Waals surface area contributed by atoms with E-state index in [0.29, 0.717) is 35.2 Å². The van der Waals surface area contributed by atoms with E-state index in [4.69, 9.17) is 0 Å². The first-order valence-electron chi connectivity index (χ1n) is 8.46. The minimum Gasteiger partial charge on any atom is -0.268 e. The van der Waals surface area contributed by atoms with E-state index in [1.54, 1.807) is 16.4 Å². The number of sulfonamides is 1. The van der Waals surface area contributed by atoms with Crippen molar-refractivity contribution >= 4 is 10.0 Å². The van der Waals surface area contributed by atoms with E-state index in [1.165, 1.54) is 6.07 Å². The summed E-state index contributed by atoms with van der Waals surface area (Å²) in [5.41, 5.74) is 2.58. The maximum absolute atomic E-state index is 13.2. The third-order valence-corrected chi connectivity index (χ3v) is 6.98. The van der Waals surface area contributed by atoms with Crippen molar-refractivity contribution in [2.24, 2.45) is 5.92 Å². The van der Waals surface area contributed by atoms with Gasteiger partial charge in [0.2, 0.25) is 10.0 Å². The van der Waals surface area contributed by atoms with Gasteiger partial charge >= 0.3 is 0 Å². The monoisotopic (exact) mass is 361 g/mol. The van der Waals surface area contributed by atoms with Gasteiger partial charge in [0.25, 0.3) is 5.56 Å². The van der Waals surface area contributed by atoms with E-state index in [1.807, 2.05) is 19.9 Å². The zero-order chi connectivity index (χ0) is 18.2. The predicted octanol–water partition coefficient (Wildman–Crippen LogP) is 2.47. The lowest BCUT2D eigenvalue weighted by Gasteiger charge is -2.30. The molecule has 1 aliphatic heterocycles. The second-order valence-corrected chi connectivity index (χ2v) is 8.72. The fourth-order valence-corrected chi connectivity index (χ4v) is 4.91. The third-order valence-electron chi connectivity index (χ3n) is 4.96. The Morgan fingerprint density at radius 2 is 1.84 bits per heavy atom. The molecule has 0 atom stereocenters. The van der Waals surface area contributed by atoms with Crippen molar-refractivity contribution in [1.29, 1.82) is 0 Å². The van der Waals surface area contributed by atoms with Crippen LogP contribution in [0.5, 0.6) is 0 Å². The van der Waals surface area contributed by atoms with Crippen molar-refractivity contribution in [3.63, 3.8) is 0 Å². The Labute approximate surface area is 147 Å². The number of hydrogen-bond acceptors (Lipinski definition) is 4. The molecule has 0 radical (unpaired) electrons. The highest BCUT2D eigenvalue weighted by Crippen LogP contribution is 2.30. The zero-order valence-corrected chi connectivity index (χ0v) is 15.6. The molecule has 6 nitrogen and oxygen atoms in total. The van der Waals surface area contributed by atoms with Gasteiger partial charge in [-0.2, -0.15) is 9.40 Å². The maximum atomic E-state index is 13.2. The molecule has 0 amide bonds. The van der Waals surface area contributed by atoms with Crippen LogP contribution in [0, 0.1) is 19.8 Å². The Balaban J connectivity index is 2.06. The van der Waals surface area contributed by atoms with E-state index in [2.05, 4.69) is 17.1 Å². The van der Waals surface area contributed by atoms with Gasteiger partial charge in [-0.05, 0) is 61.9 Å². The van der Waals surface area contributed by atoms with Crippen molar-refractivity contribution in [1.82, 2.24) is 14.5 Å². The predicted molar refractivity (Wildman–Crippen MR) is 96.9 cm³/mol. The number of aromatic amines is 1. The van der Waals surface area contributed by atoms with Crippen LogP contribution in [0.15, 0.2) is 34.0 Å². The van der Waals surface area contributed by atoms with Gasteiger partial charge in [-0.3, -0.25) is 4.79 Å². The molecule has 0 aliphatic carbocycles. The van der Waals surface area contributed by atoms with Gasteiger partial charge in [0.05, 0.1) is 10.6 Å². The summed E-state index contributed by atoms with van der Waals surface area (Å²) in [5, 5.41) is 6.41. The third kappa shape index (κ3) is 3.52. The van der Waals surface area contributed by atoms with Gasteiger partial charge in [-0.15, -0.1) is 0 Å². The summed E-state index contributed by atoms with van der Waals surface area (Å²) in [5.74, 6) is 0.561. The van der Waals surface area contributed by atoms with Crippen molar-refractivity contribution in [2.75, 3.05) is 13.1 Å². The highest BCUT2D eigenvalue weighted by atomic mass is 32.2. The normalized spacial score (nSPS) is 16.9. The Hall–Kier alpha value is -1.99. The number of benzene rings is 1. The topological polar surface area (TPSA) is 83.1 Å². The standard InChI is InChI=1S/C18H23N3O3S/c1-12-6-8-21(9-7-12)25(23,24)17-11-15(10-13(2)14(17)3)16-4-5-18(22)20-19-16/h4-5,10-12H,6-9H2,1-3H3,(H,20,22). The van der Waals surface area contributed by atoms with Crippen LogP contribution in [-0.2, 0) is 10.0 Å². The molecule has 0 spiro atoms. The quantitative estimate of drug-likeness (QED) is 0.910. The maximum Gasteiger partial charge on any atom is 0.264 e. The highest BCUT2D eigenvalue weighted by molar-refractivity contribution is 7.89. The summed E-state index contributed by atoms with van der Waals surface area (Å²) in [6.07, 6.45) is 1.77. The van der Waals surface area contributed by atoms with Crippen LogP contribution in [-0.4, -0.2) is 36.0 Å². The average molecular weight is 361 g/mol. The summed E-state index contributed by atoms with van der Waals surface area (Å²) in [6, 6.07) is 6.54. The molecule has 2 heterocycles. The van der Waals surface area contributed by atoms with E-state index < -0.39 is 10.0 Å². The average Bonchev–Trinajstić information content (AvgIpc) is 2.58. The van der Waals surface area contributed by atoms with Crippen LogP contribution in [0.25, 0.3) is 11.3 Å². The van der Waals surface area contributed by atoms with Gasteiger partial charge in [-0.1, -0.05) is 6.92 Å². The molecule has 1 fully saturated rings. The molecular formula is C18H23N3O3S. The molecule has 7 heteroatoms. The number of rotatable bonds is 3. The number of nitrogens with zero attached hydrogens (tertiary/aromatic N) is 2. The minimum atomic E-state index is -3.54. The summed E-state index contributed by atoms with van der Waals surface area (Å²) in [6.45, 7) is 6.99. The highest BCUT2D eigenvalue weighted by Gasteiger charge is 2.30. The molecule has 0 saturated carbocycles. The zero-order valence-electron chi connectivity index (χ0n) is 14.7. The lowest BCUT2D eigenvalue weighted by molar-refractivity contribution is 0.288. The second kappa shape index (κ2) is 6.72. The Morgan fingerprint density at radius 1 is 1.16 bits per heavy atom. The summed E-state index contributed by atoms with van der Waals surface area (Å²) < 4.78 is 27.9. The van der Waals surface area contributed by atoms with Gasteiger partial charge in [-0.25, -0.2) is 13.5 Å². The first-order valence-corrected chi connectivity index (χ1v) is 9.90. The molecule has 1 aromatic carbocycles. The number of piperidine rings is 1. The molecule has 1 aliphatic rings.